The molecule has 11 heteroatoms. The van der Waals surface area contributed by atoms with Crippen LogP contribution in [0.4, 0.5) is 22.0 Å². The summed E-state index contributed by atoms with van der Waals surface area (Å²) in [6.45, 7) is 2.46. The smallest absolute Gasteiger partial charge is 0.426 e. The van der Waals surface area contributed by atoms with Gasteiger partial charge in [-0.05, 0) is 11.3 Å². The number of hydrogen-bond acceptors (Lipinski definition) is 3. The van der Waals surface area contributed by atoms with Gasteiger partial charge in [0.2, 0.25) is 11.9 Å². The number of alkyl halides is 3. The highest BCUT2D eigenvalue weighted by molar-refractivity contribution is 6.35. The maximum Gasteiger partial charge on any atom is 0.426 e. The summed E-state index contributed by atoms with van der Waals surface area (Å²) in [5.74, 6) is -5.24. The number of carbonyl (C=O) groups is 1. The Morgan fingerprint density at radius 3 is 2.19 bits per heavy atom. The van der Waals surface area contributed by atoms with E-state index in [1.807, 2.05) is 0 Å². The van der Waals surface area contributed by atoms with Gasteiger partial charge in [0, 0.05) is 5.56 Å². The fourth-order valence-electron chi connectivity index (χ4n) is 2.58. The number of rotatable bonds is 4. The summed E-state index contributed by atoms with van der Waals surface area (Å²) in [6.07, 6.45) is -3.97. The topological polar surface area (TPSA) is 39.2 Å². The molecular formula is C15H11Cl3F5NO2. The first-order valence-corrected chi connectivity index (χ1v) is 8.21. The van der Waals surface area contributed by atoms with Crippen molar-refractivity contribution in [1.29, 1.82) is 0 Å². The second kappa shape index (κ2) is 7.13. The molecule has 1 heterocycles. The van der Waals surface area contributed by atoms with Crippen LogP contribution in [0.15, 0.2) is 11.1 Å². The van der Waals surface area contributed by atoms with E-state index in [0.717, 1.165) is 6.08 Å². The molecule has 2 rings (SSSR count). The van der Waals surface area contributed by atoms with E-state index in [2.05, 4.69) is 4.98 Å². The van der Waals surface area contributed by atoms with Crippen molar-refractivity contribution in [3.05, 3.63) is 38.6 Å². The lowest BCUT2D eigenvalue weighted by Crippen LogP contribution is -2.12. The first-order valence-electron chi connectivity index (χ1n) is 7.08. The summed E-state index contributed by atoms with van der Waals surface area (Å²) < 4.78 is 69.2. The van der Waals surface area contributed by atoms with E-state index in [9.17, 15) is 26.7 Å². The van der Waals surface area contributed by atoms with Crippen molar-refractivity contribution in [3.63, 3.8) is 0 Å². The number of aromatic nitrogens is 1. The summed E-state index contributed by atoms with van der Waals surface area (Å²) in [7, 11) is 0. The van der Waals surface area contributed by atoms with E-state index >= 15 is 0 Å². The molecule has 0 aliphatic heterocycles. The SMILES string of the molecule is CC1(C)C(C=C(Cl)C(F)(F)F)C1C(=O)OCc1c(Cl)c(F)nc(F)c1Cl. The quantitative estimate of drug-likeness (QED) is 0.346. The van der Waals surface area contributed by atoms with Gasteiger partial charge in [0.05, 0.1) is 5.92 Å². The minimum Gasteiger partial charge on any atom is -0.460 e. The summed E-state index contributed by atoms with van der Waals surface area (Å²) in [4.78, 5) is 15.0. The Morgan fingerprint density at radius 2 is 1.73 bits per heavy atom. The second-order valence-corrected chi connectivity index (χ2v) is 7.41. The van der Waals surface area contributed by atoms with Crippen LogP contribution in [-0.4, -0.2) is 17.1 Å². The van der Waals surface area contributed by atoms with Gasteiger partial charge < -0.3 is 4.74 Å². The Labute approximate surface area is 160 Å². The molecule has 1 aliphatic carbocycles. The summed E-state index contributed by atoms with van der Waals surface area (Å²) in [5.41, 5.74) is -1.16. The monoisotopic (exact) mass is 437 g/mol. The first-order chi connectivity index (χ1) is 11.8. The van der Waals surface area contributed by atoms with Crippen LogP contribution >= 0.6 is 34.8 Å². The zero-order valence-corrected chi connectivity index (χ0v) is 15.5. The Bertz CT molecular complexity index is 753. The molecule has 0 bridgehead atoms. The van der Waals surface area contributed by atoms with Crippen LogP contribution in [0.5, 0.6) is 0 Å². The number of allylic oxidation sites excluding steroid dienone is 2. The van der Waals surface area contributed by atoms with Crippen molar-refractivity contribution in [1.82, 2.24) is 4.98 Å². The second-order valence-electron chi connectivity index (χ2n) is 6.24. The van der Waals surface area contributed by atoms with E-state index in [1.54, 1.807) is 13.8 Å². The first kappa shape index (κ1) is 21.2. The van der Waals surface area contributed by atoms with Crippen molar-refractivity contribution >= 4 is 40.8 Å². The zero-order valence-electron chi connectivity index (χ0n) is 13.2. The van der Waals surface area contributed by atoms with Gasteiger partial charge in [-0.2, -0.15) is 26.9 Å². The molecule has 2 unspecified atom stereocenters. The van der Waals surface area contributed by atoms with Gasteiger partial charge in [-0.25, -0.2) is 0 Å². The Hall–Kier alpha value is -1.12. The molecule has 26 heavy (non-hydrogen) atoms. The third-order valence-corrected chi connectivity index (χ3v) is 5.32. The highest BCUT2D eigenvalue weighted by Crippen LogP contribution is 2.60. The average molecular weight is 439 g/mol. The minimum absolute atomic E-state index is 0.328. The van der Waals surface area contributed by atoms with Crippen LogP contribution in [0.25, 0.3) is 0 Å². The Balaban J connectivity index is 2.13. The number of pyridine rings is 1. The number of carbonyl (C=O) groups excluding carboxylic acids is 1. The summed E-state index contributed by atoms with van der Waals surface area (Å²) in [5, 5.41) is -2.57. The van der Waals surface area contributed by atoms with Crippen LogP contribution in [0.3, 0.4) is 0 Å². The molecule has 1 aromatic heterocycles. The van der Waals surface area contributed by atoms with E-state index in [1.165, 1.54) is 0 Å². The predicted molar refractivity (Wildman–Crippen MR) is 84.7 cm³/mol. The fourth-order valence-corrected chi connectivity index (χ4v) is 3.15. The van der Waals surface area contributed by atoms with E-state index in [-0.39, 0.29) is 5.56 Å². The van der Waals surface area contributed by atoms with E-state index in [0.29, 0.717) is 0 Å². The molecule has 0 aromatic carbocycles. The third-order valence-electron chi connectivity index (χ3n) is 4.21. The van der Waals surface area contributed by atoms with Gasteiger partial charge in [-0.1, -0.05) is 54.7 Å². The lowest BCUT2D eigenvalue weighted by Gasteiger charge is -2.09. The molecule has 144 valence electrons. The number of nitrogens with zero attached hydrogens (tertiary/aromatic N) is 1. The standard InChI is InChI=1S/C15H11Cl3F5NO2/c1-14(2)6(3-7(16)15(21,22)23)8(14)13(25)26-4-5-9(17)11(19)24-12(20)10(5)18/h3,6,8H,4H2,1-2H3. The van der Waals surface area contributed by atoms with Crippen LogP contribution in [0.2, 0.25) is 10.0 Å². The lowest BCUT2D eigenvalue weighted by atomic mass is 10.1. The maximum absolute atomic E-state index is 13.3. The van der Waals surface area contributed by atoms with Gasteiger partial charge in [0.15, 0.2) is 0 Å². The zero-order chi connectivity index (χ0) is 20.0. The van der Waals surface area contributed by atoms with Crippen LogP contribution in [0, 0.1) is 29.1 Å². The summed E-state index contributed by atoms with van der Waals surface area (Å²) >= 11 is 16.4. The predicted octanol–water partition coefficient (Wildman–Crippen LogP) is 5.67. The van der Waals surface area contributed by atoms with E-state index < -0.39 is 63.0 Å². The molecule has 0 N–H and O–H groups in total. The number of hydrogen-bond donors (Lipinski definition) is 0. The van der Waals surface area contributed by atoms with Gasteiger partial charge in [-0.15, -0.1) is 0 Å². The Kier molecular flexibility index (Phi) is 5.81. The molecule has 0 amide bonds. The molecule has 1 saturated carbocycles. The van der Waals surface area contributed by atoms with E-state index in [4.69, 9.17) is 39.5 Å². The minimum atomic E-state index is -4.72. The van der Waals surface area contributed by atoms with Gasteiger partial charge in [0.25, 0.3) is 0 Å². The molecule has 1 fully saturated rings. The van der Waals surface area contributed by atoms with Gasteiger partial charge >= 0.3 is 12.1 Å². The molecule has 1 aromatic rings. The fraction of sp³-hybridized carbons (Fsp3) is 0.467. The van der Waals surface area contributed by atoms with Crippen LogP contribution < -0.4 is 0 Å². The highest BCUT2D eigenvalue weighted by Gasteiger charge is 2.62. The largest absolute Gasteiger partial charge is 0.460 e. The van der Waals surface area contributed by atoms with Crippen molar-refractivity contribution < 1.29 is 31.5 Å². The Morgan fingerprint density at radius 1 is 1.23 bits per heavy atom. The lowest BCUT2D eigenvalue weighted by molar-refractivity contribution is -0.147. The molecule has 3 nitrogen and oxygen atoms in total. The van der Waals surface area contributed by atoms with Crippen molar-refractivity contribution in [2.24, 2.45) is 17.3 Å². The maximum atomic E-state index is 13.3. The molecule has 2 atom stereocenters. The molecular weight excluding hydrogens is 428 g/mol. The number of esters is 1. The number of ether oxygens (including phenoxy) is 1. The normalized spacial score (nSPS) is 22.3. The molecule has 1 aliphatic rings. The number of halogens is 8. The van der Waals surface area contributed by atoms with Crippen molar-refractivity contribution in [2.45, 2.75) is 26.6 Å². The van der Waals surface area contributed by atoms with Gasteiger partial charge in [-0.3, -0.25) is 4.79 Å². The highest BCUT2D eigenvalue weighted by atomic mass is 35.5. The van der Waals surface area contributed by atoms with Gasteiger partial charge in [0.1, 0.15) is 21.7 Å². The van der Waals surface area contributed by atoms with Crippen LogP contribution in [0.1, 0.15) is 19.4 Å². The van der Waals surface area contributed by atoms with Crippen molar-refractivity contribution in [3.8, 4) is 0 Å². The average Bonchev–Trinajstić information content (AvgIpc) is 3.04. The molecule has 0 spiro atoms. The third kappa shape index (κ3) is 4.07. The van der Waals surface area contributed by atoms with Crippen LogP contribution in [-0.2, 0) is 16.1 Å². The van der Waals surface area contributed by atoms with Crippen molar-refractivity contribution in [2.75, 3.05) is 0 Å². The molecule has 0 radical (unpaired) electrons. The molecule has 0 saturated heterocycles. The summed E-state index contributed by atoms with van der Waals surface area (Å²) in [6, 6.07) is 0.